The molecule has 0 aliphatic heterocycles. The molecular weight excluding hydrogens is 358 g/mol. The van der Waals surface area contributed by atoms with Gasteiger partial charge in [-0.3, -0.25) is 25.7 Å². The van der Waals surface area contributed by atoms with E-state index < -0.39 is 15.5 Å². The van der Waals surface area contributed by atoms with Crippen molar-refractivity contribution in [2.45, 2.75) is 40.0 Å². The van der Waals surface area contributed by atoms with Crippen LogP contribution >= 0.6 is 11.5 Å². The molecule has 0 amide bonds. The summed E-state index contributed by atoms with van der Waals surface area (Å²) >= 11 is 1.39. The van der Waals surface area contributed by atoms with Gasteiger partial charge < -0.3 is 0 Å². The molecule has 0 radical (unpaired) electrons. The molecule has 2 rings (SSSR count). The standard InChI is InChI=1S/C16H19N5O4S/c1-4-5-6-14(16-10(2)19-26-11(16)3)18-17-13-8-7-12(20(22)23)9-15(13)21(24)25/h7-9,17H,4-6H2,1-3H3/b18-14+. The highest BCUT2D eigenvalue weighted by Gasteiger charge is 2.20. The Bertz CT molecular complexity index is 843. The van der Waals surface area contributed by atoms with Gasteiger partial charge in [0, 0.05) is 16.5 Å². The van der Waals surface area contributed by atoms with Crippen molar-refractivity contribution in [1.82, 2.24) is 4.37 Å². The fourth-order valence-corrected chi connectivity index (χ4v) is 3.20. The van der Waals surface area contributed by atoms with Crippen molar-refractivity contribution in [3.05, 3.63) is 54.6 Å². The molecule has 0 fully saturated rings. The second-order valence-corrected chi connectivity index (χ2v) is 6.67. The quantitative estimate of drug-likeness (QED) is 0.408. The summed E-state index contributed by atoms with van der Waals surface area (Å²) in [5.41, 5.74) is 4.66. The number of hydrogen-bond donors (Lipinski definition) is 1. The van der Waals surface area contributed by atoms with Gasteiger partial charge in [-0.05, 0) is 44.3 Å². The van der Waals surface area contributed by atoms with Gasteiger partial charge in [-0.2, -0.15) is 9.47 Å². The van der Waals surface area contributed by atoms with Crippen LogP contribution in [0, 0.1) is 34.1 Å². The smallest absolute Gasteiger partial charge is 0.271 e. The van der Waals surface area contributed by atoms with Crippen LogP contribution in [-0.4, -0.2) is 19.9 Å². The van der Waals surface area contributed by atoms with Gasteiger partial charge in [0.1, 0.15) is 5.69 Å². The average Bonchev–Trinajstić information content (AvgIpc) is 2.93. The predicted octanol–water partition coefficient (Wildman–Crippen LogP) is 4.58. The fraction of sp³-hybridized carbons (Fsp3) is 0.375. The number of nitro benzene ring substituents is 2. The number of aromatic nitrogens is 1. The first-order chi connectivity index (χ1) is 12.3. The minimum absolute atomic E-state index is 0.105. The van der Waals surface area contributed by atoms with Crippen LogP contribution in [0.3, 0.4) is 0 Å². The highest BCUT2D eigenvalue weighted by atomic mass is 32.1. The van der Waals surface area contributed by atoms with E-state index in [1.165, 1.54) is 23.7 Å². The SMILES string of the molecule is CCCC/C(=N\Nc1ccc([N+](=O)[O-])cc1[N+](=O)[O-])c1c(C)nsc1C. The lowest BCUT2D eigenvalue weighted by Crippen LogP contribution is -2.08. The molecular formula is C16H19N5O4S. The van der Waals surface area contributed by atoms with Crippen molar-refractivity contribution in [2.75, 3.05) is 5.43 Å². The van der Waals surface area contributed by atoms with Gasteiger partial charge in [0.2, 0.25) is 0 Å². The Balaban J connectivity index is 2.40. The van der Waals surface area contributed by atoms with E-state index in [0.29, 0.717) is 6.42 Å². The third-order valence-electron chi connectivity index (χ3n) is 3.79. The molecule has 26 heavy (non-hydrogen) atoms. The van der Waals surface area contributed by atoms with Crippen LogP contribution in [0.2, 0.25) is 0 Å². The summed E-state index contributed by atoms with van der Waals surface area (Å²) in [7, 11) is 0. The van der Waals surface area contributed by atoms with Crippen LogP contribution in [0.5, 0.6) is 0 Å². The largest absolute Gasteiger partial charge is 0.301 e. The molecule has 1 aromatic carbocycles. The topological polar surface area (TPSA) is 124 Å². The predicted molar refractivity (Wildman–Crippen MR) is 101 cm³/mol. The van der Waals surface area contributed by atoms with Gasteiger partial charge in [0.05, 0.1) is 27.3 Å². The first kappa shape index (κ1) is 19.4. The zero-order valence-corrected chi connectivity index (χ0v) is 15.5. The Kier molecular flexibility index (Phi) is 6.34. The van der Waals surface area contributed by atoms with E-state index in [1.807, 2.05) is 13.8 Å². The van der Waals surface area contributed by atoms with Crippen LogP contribution in [0.25, 0.3) is 0 Å². The maximum atomic E-state index is 11.2. The molecule has 0 aliphatic carbocycles. The van der Waals surface area contributed by atoms with E-state index in [0.717, 1.165) is 40.8 Å². The number of unbranched alkanes of at least 4 members (excludes halogenated alkanes) is 1. The van der Waals surface area contributed by atoms with Crippen molar-refractivity contribution in [3.63, 3.8) is 0 Å². The number of anilines is 1. The fourth-order valence-electron chi connectivity index (χ4n) is 2.48. The molecule has 9 nitrogen and oxygen atoms in total. The number of aryl methyl sites for hydroxylation is 2. The van der Waals surface area contributed by atoms with Crippen molar-refractivity contribution < 1.29 is 9.85 Å². The van der Waals surface area contributed by atoms with Gasteiger partial charge in [-0.25, -0.2) is 0 Å². The van der Waals surface area contributed by atoms with E-state index >= 15 is 0 Å². The zero-order chi connectivity index (χ0) is 19.3. The Morgan fingerprint density at radius 1 is 1.27 bits per heavy atom. The molecule has 138 valence electrons. The number of rotatable bonds is 8. The Labute approximate surface area is 154 Å². The number of nitrogens with one attached hydrogen (secondary N) is 1. The molecule has 0 bridgehead atoms. The van der Waals surface area contributed by atoms with Gasteiger partial charge in [-0.15, -0.1) is 0 Å². The number of nitro groups is 2. The molecule has 0 unspecified atom stereocenters. The number of hydrogen-bond acceptors (Lipinski definition) is 8. The maximum Gasteiger partial charge on any atom is 0.301 e. The monoisotopic (exact) mass is 377 g/mol. The molecule has 0 aliphatic rings. The molecule has 1 heterocycles. The Morgan fingerprint density at radius 2 is 2.00 bits per heavy atom. The maximum absolute atomic E-state index is 11.2. The third-order valence-corrected chi connectivity index (χ3v) is 4.63. The van der Waals surface area contributed by atoms with Crippen LogP contribution in [0.4, 0.5) is 17.1 Å². The van der Waals surface area contributed by atoms with Gasteiger partial charge in [0.15, 0.2) is 0 Å². The lowest BCUT2D eigenvalue weighted by molar-refractivity contribution is -0.393. The first-order valence-corrected chi connectivity index (χ1v) is 8.81. The summed E-state index contributed by atoms with van der Waals surface area (Å²) in [6, 6.07) is 3.42. The Morgan fingerprint density at radius 3 is 2.54 bits per heavy atom. The molecule has 0 atom stereocenters. The third kappa shape index (κ3) is 4.39. The summed E-state index contributed by atoms with van der Waals surface area (Å²) in [5.74, 6) is 0. The molecule has 2 aromatic rings. The summed E-state index contributed by atoms with van der Waals surface area (Å²) in [6.07, 6.45) is 2.59. The molecule has 1 N–H and O–H groups in total. The van der Waals surface area contributed by atoms with E-state index in [9.17, 15) is 20.2 Å². The van der Waals surface area contributed by atoms with Gasteiger partial charge >= 0.3 is 5.69 Å². The first-order valence-electron chi connectivity index (χ1n) is 8.03. The van der Waals surface area contributed by atoms with Crippen molar-refractivity contribution >= 4 is 34.3 Å². The number of benzene rings is 1. The van der Waals surface area contributed by atoms with E-state index in [2.05, 4.69) is 21.8 Å². The number of non-ortho nitro benzene ring substituents is 1. The van der Waals surface area contributed by atoms with Crippen molar-refractivity contribution in [1.29, 1.82) is 0 Å². The minimum Gasteiger partial charge on any atom is -0.271 e. The highest BCUT2D eigenvalue weighted by Crippen LogP contribution is 2.29. The Hall–Kier alpha value is -2.88. The molecule has 0 saturated heterocycles. The van der Waals surface area contributed by atoms with Gasteiger partial charge in [0.25, 0.3) is 5.69 Å². The lowest BCUT2D eigenvalue weighted by Gasteiger charge is -2.08. The average molecular weight is 377 g/mol. The second kappa shape index (κ2) is 8.48. The summed E-state index contributed by atoms with van der Waals surface area (Å²) in [4.78, 5) is 21.8. The molecule has 0 saturated carbocycles. The van der Waals surface area contributed by atoms with Crippen molar-refractivity contribution in [2.24, 2.45) is 5.10 Å². The molecule has 1 aromatic heterocycles. The van der Waals surface area contributed by atoms with E-state index in [-0.39, 0.29) is 11.4 Å². The zero-order valence-electron chi connectivity index (χ0n) is 14.7. The number of hydrazone groups is 1. The molecule has 0 spiro atoms. The number of nitrogens with zero attached hydrogens (tertiary/aromatic N) is 4. The van der Waals surface area contributed by atoms with Crippen molar-refractivity contribution in [3.8, 4) is 0 Å². The van der Waals surface area contributed by atoms with E-state index in [4.69, 9.17) is 0 Å². The lowest BCUT2D eigenvalue weighted by atomic mass is 10.0. The van der Waals surface area contributed by atoms with Crippen LogP contribution in [0.1, 0.15) is 42.3 Å². The minimum atomic E-state index is -0.670. The summed E-state index contributed by atoms with van der Waals surface area (Å²) in [6.45, 7) is 5.92. The second-order valence-electron chi connectivity index (χ2n) is 5.69. The summed E-state index contributed by atoms with van der Waals surface area (Å²) in [5, 5.41) is 26.4. The van der Waals surface area contributed by atoms with Crippen LogP contribution in [0.15, 0.2) is 23.3 Å². The highest BCUT2D eigenvalue weighted by molar-refractivity contribution is 7.06. The normalized spacial score (nSPS) is 11.4. The van der Waals surface area contributed by atoms with Crippen LogP contribution in [-0.2, 0) is 0 Å². The van der Waals surface area contributed by atoms with Gasteiger partial charge in [-0.1, -0.05) is 13.3 Å². The summed E-state index contributed by atoms with van der Waals surface area (Å²) < 4.78 is 4.33. The molecule has 10 heteroatoms. The van der Waals surface area contributed by atoms with E-state index in [1.54, 1.807) is 0 Å². The van der Waals surface area contributed by atoms with Crippen LogP contribution < -0.4 is 5.43 Å².